The predicted molar refractivity (Wildman–Crippen MR) is 182 cm³/mol. The van der Waals surface area contributed by atoms with Crippen LogP contribution < -0.4 is 0 Å². The Morgan fingerprint density at radius 2 is 1.14 bits per heavy atom. The van der Waals surface area contributed by atoms with Crippen molar-refractivity contribution in [1.29, 1.82) is 0 Å². The third-order valence-electron chi connectivity index (χ3n) is 8.98. The maximum Gasteiger partial charge on any atom is 0.0541 e. The summed E-state index contributed by atoms with van der Waals surface area (Å²) >= 11 is 0. The van der Waals surface area contributed by atoms with Gasteiger partial charge in [0, 0.05) is 27.5 Å². The van der Waals surface area contributed by atoms with Crippen LogP contribution in [0.2, 0.25) is 0 Å². The zero-order valence-electron chi connectivity index (χ0n) is 23.6. The van der Waals surface area contributed by atoms with Crippen LogP contribution in [-0.2, 0) is 6.42 Å². The van der Waals surface area contributed by atoms with E-state index in [4.69, 9.17) is 0 Å². The lowest BCUT2D eigenvalue weighted by molar-refractivity contribution is 1.09. The van der Waals surface area contributed by atoms with Crippen molar-refractivity contribution in [2.45, 2.75) is 6.42 Å². The van der Waals surface area contributed by atoms with E-state index < -0.39 is 0 Å². The van der Waals surface area contributed by atoms with Crippen LogP contribution in [0.4, 0.5) is 0 Å². The Hall–Kier alpha value is -5.60. The highest BCUT2D eigenvalue weighted by Crippen LogP contribution is 2.37. The Morgan fingerprint density at radius 1 is 0.442 bits per heavy atom. The summed E-state index contributed by atoms with van der Waals surface area (Å²) in [5.74, 6) is 0. The van der Waals surface area contributed by atoms with Gasteiger partial charge in [0.05, 0.1) is 22.2 Å². The van der Waals surface area contributed by atoms with Crippen molar-refractivity contribution in [1.82, 2.24) is 9.13 Å². The Kier molecular flexibility index (Phi) is 5.30. The number of aromatic nitrogens is 2. The first-order chi connectivity index (χ1) is 21.3. The normalized spacial score (nSPS) is 13.1. The summed E-state index contributed by atoms with van der Waals surface area (Å²) in [6, 6.07) is 50.5. The van der Waals surface area contributed by atoms with E-state index in [-0.39, 0.29) is 0 Å². The molecule has 0 aliphatic heterocycles. The van der Waals surface area contributed by atoms with Gasteiger partial charge in [-0.1, -0.05) is 103 Å². The van der Waals surface area contributed by atoms with E-state index in [2.05, 4.69) is 167 Å². The molecule has 0 bridgehead atoms. The average molecular weight is 549 g/mol. The fourth-order valence-corrected chi connectivity index (χ4v) is 6.98. The van der Waals surface area contributed by atoms with Gasteiger partial charge in [-0.3, -0.25) is 0 Å². The number of para-hydroxylation sites is 3. The minimum absolute atomic E-state index is 0.878. The van der Waals surface area contributed by atoms with Crippen LogP contribution in [0.1, 0.15) is 16.8 Å². The number of nitrogens with zero attached hydrogens (tertiary/aromatic N) is 2. The molecule has 0 fully saturated rings. The summed E-state index contributed by atoms with van der Waals surface area (Å²) in [6.07, 6.45) is 7.90. The topological polar surface area (TPSA) is 9.86 Å². The summed E-state index contributed by atoms with van der Waals surface area (Å²) in [4.78, 5) is 0. The summed E-state index contributed by atoms with van der Waals surface area (Å²) in [6.45, 7) is 0. The van der Waals surface area contributed by atoms with Crippen LogP contribution in [-0.4, -0.2) is 9.13 Å². The Morgan fingerprint density at radius 3 is 2.00 bits per heavy atom. The van der Waals surface area contributed by atoms with Crippen molar-refractivity contribution in [3.63, 3.8) is 0 Å². The first kappa shape index (κ1) is 24.0. The van der Waals surface area contributed by atoms with Crippen LogP contribution in [0.5, 0.6) is 0 Å². The predicted octanol–water partition coefficient (Wildman–Crippen LogP) is 10.5. The van der Waals surface area contributed by atoms with E-state index in [9.17, 15) is 0 Å². The third kappa shape index (κ3) is 3.73. The van der Waals surface area contributed by atoms with Crippen molar-refractivity contribution >= 4 is 55.1 Å². The Labute approximate surface area is 250 Å². The summed E-state index contributed by atoms with van der Waals surface area (Å²) in [5, 5.41) is 6.38. The van der Waals surface area contributed by atoms with Gasteiger partial charge in [-0.2, -0.15) is 0 Å². The molecule has 43 heavy (non-hydrogen) atoms. The first-order valence-electron chi connectivity index (χ1n) is 14.9. The molecule has 0 spiro atoms. The molecule has 0 radical (unpaired) electrons. The van der Waals surface area contributed by atoms with Gasteiger partial charge in [-0.25, -0.2) is 0 Å². The number of hydrogen-bond donors (Lipinski definition) is 0. The molecular formula is C41H28N2. The van der Waals surface area contributed by atoms with Crippen LogP contribution in [0, 0.1) is 0 Å². The SMILES string of the molecule is C1=Cc2c(c3ccccc3n2-c2ccc3ccccc3c2)CC=C1c1ccc2c(c1)c1ccccc1n2-c1ccccc1. The van der Waals surface area contributed by atoms with E-state index in [0.29, 0.717) is 0 Å². The molecule has 0 N–H and O–H groups in total. The first-order valence-corrected chi connectivity index (χ1v) is 14.9. The van der Waals surface area contributed by atoms with Crippen molar-refractivity contribution in [3.05, 3.63) is 168 Å². The third-order valence-corrected chi connectivity index (χ3v) is 8.98. The van der Waals surface area contributed by atoms with Gasteiger partial charge in [0.15, 0.2) is 0 Å². The highest BCUT2D eigenvalue weighted by atomic mass is 15.0. The van der Waals surface area contributed by atoms with E-state index in [1.807, 2.05) is 0 Å². The van der Waals surface area contributed by atoms with Gasteiger partial charge in [0.25, 0.3) is 0 Å². The van der Waals surface area contributed by atoms with Crippen LogP contribution in [0.25, 0.3) is 66.5 Å². The van der Waals surface area contributed by atoms with E-state index in [1.165, 1.54) is 77.2 Å². The standard InChI is InChI=1S/C41H28N2/c1-2-12-32(13-3-1)42-39-17-9-7-15-35(39)37-27-31(21-25-41(37)42)29-19-23-36-34-14-6-8-16-38(34)43(40(36)24-20-29)33-22-18-28-10-4-5-11-30(28)26-33/h1-22,24-27H,23H2. The molecule has 0 saturated carbocycles. The summed E-state index contributed by atoms with van der Waals surface area (Å²) in [5.41, 5.74) is 11.2. The van der Waals surface area contributed by atoms with Gasteiger partial charge < -0.3 is 9.13 Å². The average Bonchev–Trinajstić information content (AvgIpc) is 3.47. The summed E-state index contributed by atoms with van der Waals surface area (Å²) < 4.78 is 4.81. The lowest BCUT2D eigenvalue weighted by Gasteiger charge is -2.11. The van der Waals surface area contributed by atoms with E-state index >= 15 is 0 Å². The largest absolute Gasteiger partial charge is 0.310 e. The molecule has 1 aliphatic carbocycles. The van der Waals surface area contributed by atoms with E-state index in [0.717, 1.165) is 6.42 Å². The van der Waals surface area contributed by atoms with Gasteiger partial charge in [0.2, 0.25) is 0 Å². The molecule has 8 aromatic rings. The molecule has 0 unspecified atom stereocenters. The molecule has 9 rings (SSSR count). The minimum atomic E-state index is 0.878. The minimum Gasteiger partial charge on any atom is -0.310 e. The highest BCUT2D eigenvalue weighted by molar-refractivity contribution is 6.10. The van der Waals surface area contributed by atoms with Crippen molar-refractivity contribution in [2.24, 2.45) is 0 Å². The summed E-state index contributed by atoms with van der Waals surface area (Å²) in [7, 11) is 0. The molecule has 2 nitrogen and oxygen atoms in total. The van der Waals surface area contributed by atoms with Crippen LogP contribution in [0.15, 0.2) is 152 Å². The number of hydrogen-bond acceptors (Lipinski definition) is 0. The van der Waals surface area contributed by atoms with Crippen molar-refractivity contribution in [2.75, 3.05) is 0 Å². The van der Waals surface area contributed by atoms with Gasteiger partial charge in [-0.05, 0) is 88.5 Å². The molecule has 2 aromatic heterocycles. The smallest absolute Gasteiger partial charge is 0.0541 e. The molecule has 1 aliphatic rings. The second kappa shape index (κ2) is 9.47. The fraction of sp³-hybridized carbons (Fsp3) is 0.0244. The highest BCUT2D eigenvalue weighted by Gasteiger charge is 2.19. The molecule has 0 saturated heterocycles. The molecule has 0 atom stereocenters. The number of allylic oxidation sites excluding steroid dienone is 3. The van der Waals surface area contributed by atoms with Gasteiger partial charge in [0.1, 0.15) is 0 Å². The van der Waals surface area contributed by atoms with E-state index in [1.54, 1.807) is 0 Å². The second-order valence-electron chi connectivity index (χ2n) is 11.4. The molecule has 2 heteroatoms. The zero-order valence-corrected chi connectivity index (χ0v) is 23.6. The number of fused-ring (bicyclic) bond motifs is 7. The maximum absolute atomic E-state index is 2.43. The molecule has 6 aromatic carbocycles. The zero-order chi connectivity index (χ0) is 28.3. The molecule has 0 amide bonds. The van der Waals surface area contributed by atoms with Gasteiger partial charge >= 0.3 is 0 Å². The number of benzene rings is 6. The lowest BCUT2D eigenvalue weighted by Crippen LogP contribution is -1.97. The van der Waals surface area contributed by atoms with Crippen LogP contribution in [0.3, 0.4) is 0 Å². The fourth-order valence-electron chi connectivity index (χ4n) is 6.98. The molecular weight excluding hydrogens is 520 g/mol. The lowest BCUT2D eigenvalue weighted by atomic mass is 10.0. The monoisotopic (exact) mass is 548 g/mol. The second-order valence-corrected chi connectivity index (χ2v) is 11.4. The van der Waals surface area contributed by atoms with Crippen molar-refractivity contribution < 1.29 is 0 Å². The Balaban J connectivity index is 1.19. The van der Waals surface area contributed by atoms with Crippen LogP contribution >= 0.6 is 0 Å². The quantitative estimate of drug-likeness (QED) is 0.208. The van der Waals surface area contributed by atoms with Gasteiger partial charge in [-0.15, -0.1) is 0 Å². The molecule has 202 valence electrons. The maximum atomic E-state index is 2.43. The van der Waals surface area contributed by atoms with Crippen molar-refractivity contribution in [3.8, 4) is 11.4 Å². The number of rotatable bonds is 3. The Bertz CT molecular complexity index is 2410. The molecule has 2 heterocycles.